The van der Waals surface area contributed by atoms with Crippen LogP contribution in [0.1, 0.15) is 26.3 Å². The number of rotatable bonds is 3. The third-order valence-corrected chi connectivity index (χ3v) is 4.05. The van der Waals surface area contributed by atoms with Gasteiger partial charge in [-0.3, -0.25) is 9.36 Å². The lowest BCUT2D eigenvalue weighted by Crippen LogP contribution is -2.27. The minimum absolute atomic E-state index is 0.126. The molecule has 0 aliphatic carbocycles. The Morgan fingerprint density at radius 2 is 1.92 bits per heavy atom. The number of para-hydroxylation sites is 1. The van der Waals surface area contributed by atoms with E-state index in [2.05, 4.69) is 31.1 Å². The number of fused-ring (bicyclic) bond motifs is 1. The fourth-order valence-electron chi connectivity index (χ4n) is 2.87. The second kappa shape index (κ2) is 6.20. The van der Waals surface area contributed by atoms with E-state index in [1.807, 2.05) is 24.3 Å². The van der Waals surface area contributed by atoms with E-state index < -0.39 is 11.5 Å². The standard InChI is InChI=1S/C19H20FN3O2/c1-19(2,3)13-6-4-5-7-14(13)21-17(24)11-23-16-9-8-12(20)10-15(16)22-18(23)25/h4-10H,11H2,1-3H3,(H,21,24)(H,22,25). The molecule has 3 aromatic rings. The van der Waals surface area contributed by atoms with E-state index in [4.69, 9.17) is 0 Å². The number of nitrogens with zero attached hydrogens (tertiary/aromatic N) is 1. The maximum atomic E-state index is 13.3. The first kappa shape index (κ1) is 17.0. The van der Waals surface area contributed by atoms with Crippen molar-refractivity contribution in [3.8, 4) is 0 Å². The summed E-state index contributed by atoms with van der Waals surface area (Å²) >= 11 is 0. The van der Waals surface area contributed by atoms with E-state index in [-0.39, 0.29) is 17.9 Å². The molecule has 130 valence electrons. The molecule has 1 aromatic heterocycles. The fourth-order valence-corrected chi connectivity index (χ4v) is 2.87. The van der Waals surface area contributed by atoms with E-state index in [9.17, 15) is 14.0 Å². The smallest absolute Gasteiger partial charge is 0.324 e. The van der Waals surface area contributed by atoms with Gasteiger partial charge in [0, 0.05) is 5.69 Å². The van der Waals surface area contributed by atoms with Crippen LogP contribution in [-0.4, -0.2) is 15.5 Å². The van der Waals surface area contributed by atoms with Gasteiger partial charge < -0.3 is 10.3 Å². The number of benzene rings is 2. The highest BCUT2D eigenvalue weighted by molar-refractivity contribution is 5.92. The monoisotopic (exact) mass is 341 g/mol. The number of imidazole rings is 1. The molecule has 0 aliphatic rings. The van der Waals surface area contributed by atoms with Crippen LogP contribution in [-0.2, 0) is 16.8 Å². The van der Waals surface area contributed by atoms with Gasteiger partial charge in [0.05, 0.1) is 11.0 Å². The van der Waals surface area contributed by atoms with Gasteiger partial charge in [0.15, 0.2) is 0 Å². The number of aromatic nitrogens is 2. The van der Waals surface area contributed by atoms with Crippen molar-refractivity contribution in [3.63, 3.8) is 0 Å². The molecule has 0 unspecified atom stereocenters. The summed E-state index contributed by atoms with van der Waals surface area (Å²) in [6.45, 7) is 6.05. The summed E-state index contributed by atoms with van der Waals surface area (Å²) in [6.07, 6.45) is 0. The zero-order valence-corrected chi connectivity index (χ0v) is 14.4. The lowest BCUT2D eigenvalue weighted by molar-refractivity contribution is -0.116. The molecule has 0 atom stereocenters. The summed E-state index contributed by atoms with van der Waals surface area (Å²) in [7, 11) is 0. The van der Waals surface area contributed by atoms with Gasteiger partial charge in [-0.1, -0.05) is 39.0 Å². The highest BCUT2D eigenvalue weighted by Gasteiger charge is 2.19. The van der Waals surface area contributed by atoms with Crippen LogP contribution in [0.25, 0.3) is 11.0 Å². The quantitative estimate of drug-likeness (QED) is 0.767. The van der Waals surface area contributed by atoms with Crippen LogP contribution >= 0.6 is 0 Å². The second-order valence-corrected chi connectivity index (χ2v) is 7.02. The van der Waals surface area contributed by atoms with E-state index >= 15 is 0 Å². The molecule has 3 rings (SSSR count). The number of anilines is 1. The normalized spacial score (nSPS) is 11.7. The zero-order chi connectivity index (χ0) is 18.2. The number of carbonyl (C=O) groups is 1. The van der Waals surface area contributed by atoms with Crippen LogP contribution in [0.3, 0.4) is 0 Å². The lowest BCUT2D eigenvalue weighted by atomic mass is 9.86. The van der Waals surface area contributed by atoms with Gasteiger partial charge in [-0.05, 0) is 35.2 Å². The number of nitrogens with one attached hydrogen (secondary N) is 2. The first-order valence-corrected chi connectivity index (χ1v) is 8.03. The van der Waals surface area contributed by atoms with Crippen LogP contribution in [0.2, 0.25) is 0 Å². The van der Waals surface area contributed by atoms with Crippen LogP contribution in [0, 0.1) is 5.82 Å². The Morgan fingerprint density at radius 3 is 2.64 bits per heavy atom. The molecule has 0 spiro atoms. The molecule has 25 heavy (non-hydrogen) atoms. The molecule has 5 nitrogen and oxygen atoms in total. The largest absolute Gasteiger partial charge is 0.326 e. The summed E-state index contributed by atoms with van der Waals surface area (Å²) in [5.41, 5.74) is 2.02. The Hall–Kier alpha value is -2.89. The first-order chi connectivity index (χ1) is 11.8. The van der Waals surface area contributed by atoms with Crippen molar-refractivity contribution in [3.05, 3.63) is 64.3 Å². The second-order valence-electron chi connectivity index (χ2n) is 7.02. The summed E-state index contributed by atoms with van der Waals surface area (Å²) < 4.78 is 14.6. The third-order valence-electron chi connectivity index (χ3n) is 4.05. The molecule has 0 aliphatic heterocycles. The highest BCUT2D eigenvalue weighted by Crippen LogP contribution is 2.29. The molecule has 2 aromatic carbocycles. The van der Waals surface area contributed by atoms with Gasteiger partial charge in [-0.15, -0.1) is 0 Å². The fraction of sp³-hybridized carbons (Fsp3) is 0.263. The van der Waals surface area contributed by atoms with Crippen molar-refractivity contribution in [2.24, 2.45) is 0 Å². The number of aromatic amines is 1. The lowest BCUT2D eigenvalue weighted by Gasteiger charge is -2.23. The summed E-state index contributed by atoms with van der Waals surface area (Å²) in [5, 5.41) is 2.87. The van der Waals surface area contributed by atoms with Gasteiger partial charge in [0.1, 0.15) is 12.4 Å². The van der Waals surface area contributed by atoms with Gasteiger partial charge in [0.25, 0.3) is 0 Å². The SMILES string of the molecule is CC(C)(C)c1ccccc1NC(=O)Cn1c(=O)[nH]c2cc(F)ccc21. The molecule has 0 bridgehead atoms. The number of hydrogen-bond acceptors (Lipinski definition) is 2. The Bertz CT molecular complexity index is 996. The summed E-state index contributed by atoms with van der Waals surface area (Å²) in [4.78, 5) is 27.1. The van der Waals surface area contributed by atoms with Crippen molar-refractivity contribution >= 4 is 22.6 Å². The molecule has 1 amide bonds. The maximum Gasteiger partial charge on any atom is 0.326 e. The molecule has 0 radical (unpaired) electrons. The highest BCUT2D eigenvalue weighted by atomic mass is 19.1. The Balaban J connectivity index is 1.88. The van der Waals surface area contributed by atoms with Crippen molar-refractivity contribution in [1.82, 2.24) is 9.55 Å². The average Bonchev–Trinajstić information content (AvgIpc) is 2.81. The van der Waals surface area contributed by atoms with Crippen molar-refractivity contribution in [2.75, 3.05) is 5.32 Å². The molecular weight excluding hydrogens is 321 g/mol. The molecule has 0 fully saturated rings. The Labute approximate surface area is 144 Å². The minimum atomic E-state index is -0.445. The molecule has 2 N–H and O–H groups in total. The van der Waals surface area contributed by atoms with Crippen molar-refractivity contribution in [1.29, 1.82) is 0 Å². The number of H-pyrrole nitrogens is 1. The van der Waals surface area contributed by atoms with Crippen molar-refractivity contribution in [2.45, 2.75) is 32.7 Å². The average molecular weight is 341 g/mol. The van der Waals surface area contributed by atoms with Gasteiger partial charge in [-0.2, -0.15) is 0 Å². The topological polar surface area (TPSA) is 66.9 Å². The van der Waals surface area contributed by atoms with E-state index in [1.165, 1.54) is 22.8 Å². The number of carbonyl (C=O) groups excluding carboxylic acids is 1. The van der Waals surface area contributed by atoms with Crippen LogP contribution < -0.4 is 11.0 Å². The molecule has 0 saturated heterocycles. The number of amides is 1. The van der Waals surface area contributed by atoms with Crippen LogP contribution in [0.15, 0.2) is 47.3 Å². The van der Waals surface area contributed by atoms with Crippen LogP contribution in [0.4, 0.5) is 10.1 Å². The van der Waals surface area contributed by atoms with Crippen molar-refractivity contribution < 1.29 is 9.18 Å². The molecule has 6 heteroatoms. The molecular formula is C19H20FN3O2. The Kier molecular flexibility index (Phi) is 4.20. The summed E-state index contributed by atoms with van der Waals surface area (Å²) in [5.74, 6) is -0.756. The predicted octanol–water partition coefficient (Wildman–Crippen LogP) is 3.40. The van der Waals surface area contributed by atoms with Gasteiger partial charge in [-0.25, -0.2) is 9.18 Å². The van der Waals surface area contributed by atoms with E-state index in [0.29, 0.717) is 11.0 Å². The van der Waals surface area contributed by atoms with Gasteiger partial charge in [0.2, 0.25) is 5.91 Å². The molecule has 1 heterocycles. The Morgan fingerprint density at radius 1 is 1.20 bits per heavy atom. The van der Waals surface area contributed by atoms with E-state index in [1.54, 1.807) is 0 Å². The number of halogens is 1. The van der Waals surface area contributed by atoms with E-state index in [0.717, 1.165) is 11.3 Å². The molecule has 0 saturated carbocycles. The summed E-state index contributed by atoms with van der Waals surface area (Å²) in [6, 6.07) is 11.6. The zero-order valence-electron chi connectivity index (χ0n) is 14.4. The first-order valence-electron chi connectivity index (χ1n) is 8.03. The number of hydrogen-bond donors (Lipinski definition) is 2. The van der Waals surface area contributed by atoms with Crippen LogP contribution in [0.5, 0.6) is 0 Å². The predicted molar refractivity (Wildman–Crippen MR) is 96.3 cm³/mol. The van der Waals surface area contributed by atoms with Gasteiger partial charge >= 0.3 is 5.69 Å². The third kappa shape index (κ3) is 3.47. The minimum Gasteiger partial charge on any atom is -0.324 e. The maximum absolute atomic E-state index is 13.3.